The third kappa shape index (κ3) is 2.52. The van der Waals surface area contributed by atoms with Crippen LogP contribution >= 0.6 is 11.3 Å². The molecule has 4 N–H and O–H groups in total. The Morgan fingerprint density at radius 3 is 2.50 bits per heavy atom. The molecular formula is C14H21N3O2S. The highest BCUT2D eigenvalue weighted by atomic mass is 32.1. The van der Waals surface area contributed by atoms with E-state index < -0.39 is 5.91 Å². The van der Waals surface area contributed by atoms with Crippen molar-refractivity contribution < 1.29 is 9.59 Å². The molecule has 20 heavy (non-hydrogen) atoms. The number of rotatable bonds is 4. The predicted octanol–water partition coefficient (Wildman–Crippen LogP) is 2.26. The molecule has 0 aromatic carbocycles. The smallest absolute Gasteiger partial charge is 0.253 e. The molecule has 6 heteroatoms. The number of hydrogen-bond donors (Lipinski definition) is 2. The molecule has 0 atom stereocenters. The van der Waals surface area contributed by atoms with Gasteiger partial charge in [0, 0.05) is 19.5 Å². The Morgan fingerprint density at radius 1 is 1.40 bits per heavy atom. The van der Waals surface area contributed by atoms with Crippen molar-refractivity contribution in [2.24, 2.45) is 11.1 Å². The van der Waals surface area contributed by atoms with E-state index in [9.17, 15) is 9.59 Å². The van der Waals surface area contributed by atoms with Gasteiger partial charge < -0.3 is 16.4 Å². The number of hydrogen-bond acceptors (Lipinski definition) is 5. The number of nitrogens with two attached hydrogens (primary N) is 2. The molecular weight excluding hydrogens is 274 g/mol. The monoisotopic (exact) mass is 295 g/mol. The van der Waals surface area contributed by atoms with Crippen LogP contribution < -0.4 is 16.4 Å². The van der Waals surface area contributed by atoms with E-state index in [1.165, 1.54) is 11.3 Å². The second-order valence-corrected chi connectivity index (χ2v) is 7.00. The van der Waals surface area contributed by atoms with E-state index in [-0.39, 0.29) is 16.9 Å². The van der Waals surface area contributed by atoms with Crippen molar-refractivity contribution in [2.75, 3.05) is 23.7 Å². The lowest BCUT2D eigenvalue weighted by Crippen LogP contribution is -2.25. The molecule has 0 bridgehead atoms. The van der Waals surface area contributed by atoms with Crippen molar-refractivity contribution in [3.8, 4) is 0 Å². The van der Waals surface area contributed by atoms with Gasteiger partial charge in [-0.1, -0.05) is 20.8 Å². The van der Waals surface area contributed by atoms with Crippen molar-refractivity contribution in [1.29, 1.82) is 0 Å². The Bertz CT molecular complexity index is 563. The number of carbonyl (C=O) groups excluding carboxylic acids is 2. The zero-order chi connectivity index (χ0) is 15.1. The normalized spacial score (nSPS) is 17.4. The Morgan fingerprint density at radius 2 is 2.05 bits per heavy atom. The summed E-state index contributed by atoms with van der Waals surface area (Å²) < 4.78 is 0. The molecule has 1 aliphatic rings. The van der Waals surface area contributed by atoms with E-state index >= 15 is 0 Å². The highest BCUT2D eigenvalue weighted by Gasteiger charge is 2.34. The van der Waals surface area contributed by atoms with Crippen LogP contribution in [0.4, 0.5) is 10.7 Å². The lowest BCUT2D eigenvalue weighted by molar-refractivity contribution is 0.0991. The maximum atomic E-state index is 11.9. The maximum Gasteiger partial charge on any atom is 0.253 e. The van der Waals surface area contributed by atoms with E-state index in [1.54, 1.807) is 6.92 Å². The molecule has 1 saturated heterocycles. The van der Waals surface area contributed by atoms with E-state index in [0.717, 1.165) is 24.5 Å². The summed E-state index contributed by atoms with van der Waals surface area (Å²) in [4.78, 5) is 26.2. The fourth-order valence-corrected chi connectivity index (χ4v) is 3.81. The Hall–Kier alpha value is -1.56. The van der Waals surface area contributed by atoms with Gasteiger partial charge in [0.1, 0.15) is 5.00 Å². The topological polar surface area (TPSA) is 89.4 Å². The summed E-state index contributed by atoms with van der Waals surface area (Å²) in [5.41, 5.74) is 12.2. The number of ketones is 1. The second-order valence-electron chi connectivity index (χ2n) is 6.00. The highest BCUT2D eigenvalue weighted by molar-refractivity contribution is 7.19. The number of nitrogens with zero attached hydrogens (tertiary/aromatic N) is 1. The van der Waals surface area contributed by atoms with Gasteiger partial charge in [0.25, 0.3) is 5.91 Å². The van der Waals surface area contributed by atoms with Crippen LogP contribution in [0.1, 0.15) is 53.6 Å². The number of primary amides is 1. The van der Waals surface area contributed by atoms with Gasteiger partial charge in [-0.3, -0.25) is 9.59 Å². The number of Topliss-reactive ketones (excluding diaryl/α,β-unsaturated/α-hetero) is 1. The zero-order valence-electron chi connectivity index (χ0n) is 12.2. The standard InChI is InChI=1S/C14H21N3O2S/c1-4-8(18)11-10(15)9(12(16)19)13(20-11)17-6-5-14(2,3)7-17/h4-7,15H2,1-3H3,(H2,16,19). The third-order valence-electron chi connectivity index (χ3n) is 3.71. The molecule has 0 saturated carbocycles. The number of amides is 1. The molecule has 0 spiro atoms. The van der Waals surface area contributed by atoms with Crippen molar-refractivity contribution in [2.45, 2.75) is 33.6 Å². The molecule has 0 unspecified atom stereocenters. The van der Waals surface area contributed by atoms with Gasteiger partial charge in [0.05, 0.1) is 16.1 Å². The fourth-order valence-electron chi connectivity index (χ4n) is 2.55. The Kier molecular flexibility index (Phi) is 3.77. The van der Waals surface area contributed by atoms with Gasteiger partial charge in [0.2, 0.25) is 0 Å². The summed E-state index contributed by atoms with van der Waals surface area (Å²) in [6, 6.07) is 0. The molecule has 0 aliphatic carbocycles. The van der Waals surface area contributed by atoms with Crippen LogP contribution in [-0.4, -0.2) is 24.8 Å². The SMILES string of the molecule is CCC(=O)c1sc(N2CCC(C)(C)C2)c(C(N)=O)c1N. The molecule has 1 aromatic heterocycles. The highest BCUT2D eigenvalue weighted by Crippen LogP contribution is 2.42. The van der Waals surface area contributed by atoms with Crippen LogP contribution in [0.25, 0.3) is 0 Å². The summed E-state index contributed by atoms with van der Waals surface area (Å²) in [5.74, 6) is -0.603. The number of nitrogen functional groups attached to an aromatic ring is 1. The van der Waals surface area contributed by atoms with Crippen LogP contribution in [0.5, 0.6) is 0 Å². The molecule has 1 aliphatic heterocycles. The van der Waals surface area contributed by atoms with Gasteiger partial charge in [-0.25, -0.2) is 0 Å². The minimum absolute atomic E-state index is 0.0419. The molecule has 0 radical (unpaired) electrons. The number of anilines is 2. The van der Waals surface area contributed by atoms with Gasteiger partial charge in [-0.2, -0.15) is 0 Å². The van der Waals surface area contributed by atoms with Crippen LogP contribution in [-0.2, 0) is 0 Å². The molecule has 2 rings (SSSR count). The summed E-state index contributed by atoms with van der Waals surface area (Å²) in [6.45, 7) is 7.85. The van der Waals surface area contributed by atoms with Crippen molar-refractivity contribution in [1.82, 2.24) is 0 Å². The lowest BCUT2D eigenvalue weighted by Gasteiger charge is -2.20. The largest absolute Gasteiger partial charge is 0.397 e. The predicted molar refractivity (Wildman–Crippen MR) is 82.5 cm³/mol. The van der Waals surface area contributed by atoms with Crippen molar-refractivity contribution in [3.05, 3.63) is 10.4 Å². The fraction of sp³-hybridized carbons (Fsp3) is 0.571. The average molecular weight is 295 g/mol. The number of carbonyl (C=O) groups is 2. The quantitative estimate of drug-likeness (QED) is 0.834. The van der Waals surface area contributed by atoms with E-state index in [2.05, 4.69) is 18.7 Å². The third-order valence-corrected chi connectivity index (χ3v) is 5.02. The van der Waals surface area contributed by atoms with Gasteiger partial charge in [-0.15, -0.1) is 11.3 Å². The lowest BCUT2D eigenvalue weighted by atomic mass is 9.93. The first kappa shape index (κ1) is 14.8. The maximum absolute atomic E-state index is 11.9. The minimum Gasteiger partial charge on any atom is -0.397 e. The molecule has 1 fully saturated rings. The molecule has 2 heterocycles. The van der Waals surface area contributed by atoms with E-state index in [4.69, 9.17) is 11.5 Å². The Balaban J connectivity index is 2.47. The first-order valence-electron chi connectivity index (χ1n) is 6.77. The zero-order valence-corrected chi connectivity index (χ0v) is 13.0. The molecule has 110 valence electrons. The van der Waals surface area contributed by atoms with Gasteiger partial charge in [-0.05, 0) is 11.8 Å². The summed E-state index contributed by atoms with van der Waals surface area (Å²) in [6.07, 6.45) is 1.41. The molecule has 1 amide bonds. The summed E-state index contributed by atoms with van der Waals surface area (Å²) in [7, 11) is 0. The first-order chi connectivity index (χ1) is 9.26. The summed E-state index contributed by atoms with van der Waals surface area (Å²) in [5, 5.41) is 0.748. The van der Waals surface area contributed by atoms with E-state index in [1.807, 2.05) is 0 Å². The van der Waals surface area contributed by atoms with Crippen LogP contribution in [0.15, 0.2) is 0 Å². The minimum atomic E-state index is -0.561. The van der Waals surface area contributed by atoms with Gasteiger partial charge >= 0.3 is 0 Å². The second kappa shape index (κ2) is 5.09. The van der Waals surface area contributed by atoms with Crippen LogP contribution in [0.2, 0.25) is 0 Å². The van der Waals surface area contributed by atoms with Gasteiger partial charge in [0.15, 0.2) is 5.78 Å². The van der Waals surface area contributed by atoms with Crippen molar-refractivity contribution >= 4 is 33.7 Å². The van der Waals surface area contributed by atoms with Crippen LogP contribution in [0.3, 0.4) is 0 Å². The first-order valence-corrected chi connectivity index (χ1v) is 7.58. The summed E-state index contributed by atoms with van der Waals surface area (Å²) >= 11 is 1.30. The Labute approximate surface area is 122 Å². The molecule has 1 aromatic rings. The average Bonchev–Trinajstić information content (AvgIpc) is 2.88. The molecule has 5 nitrogen and oxygen atoms in total. The number of thiophene rings is 1. The van der Waals surface area contributed by atoms with Crippen molar-refractivity contribution in [3.63, 3.8) is 0 Å². The van der Waals surface area contributed by atoms with Crippen LogP contribution in [0, 0.1) is 5.41 Å². The van der Waals surface area contributed by atoms with E-state index in [0.29, 0.717) is 16.9 Å².